The van der Waals surface area contributed by atoms with E-state index in [-0.39, 0.29) is 35.9 Å². The van der Waals surface area contributed by atoms with Gasteiger partial charge in [-0.05, 0) is 81.3 Å². The van der Waals surface area contributed by atoms with E-state index in [1.165, 1.54) is 0 Å². The number of phenols is 2. The van der Waals surface area contributed by atoms with Crippen LogP contribution in [0.2, 0.25) is 0 Å². The van der Waals surface area contributed by atoms with Gasteiger partial charge in [0, 0.05) is 12.8 Å². The number of carbonyl (C=O) groups excluding carboxylic acids is 2. The van der Waals surface area contributed by atoms with Crippen LogP contribution in [0.25, 0.3) is 0 Å². The SMILES string of the molecule is Cc1cc(C)c(C(=O)CCCC(=O)c2c(C)cc(C)c(C)c2O)c(O)c1C. The average Bonchev–Trinajstić information content (AvgIpc) is 2.57. The molecule has 0 spiro atoms. The summed E-state index contributed by atoms with van der Waals surface area (Å²) in [6, 6.07) is 3.79. The second-order valence-corrected chi connectivity index (χ2v) is 7.42. The predicted octanol–water partition coefficient (Wildman–Crippen LogP) is 5.18. The summed E-state index contributed by atoms with van der Waals surface area (Å²) in [6.45, 7) is 11.0. The number of aryl methyl sites for hydroxylation is 4. The molecule has 0 atom stereocenters. The highest BCUT2D eigenvalue weighted by molar-refractivity contribution is 6.02. The molecule has 4 heteroatoms. The maximum atomic E-state index is 12.6. The van der Waals surface area contributed by atoms with Gasteiger partial charge in [-0.3, -0.25) is 9.59 Å². The molecule has 0 saturated heterocycles. The van der Waals surface area contributed by atoms with Crippen LogP contribution in [0.3, 0.4) is 0 Å². The Bertz CT molecular complexity index is 847. The van der Waals surface area contributed by atoms with E-state index in [9.17, 15) is 19.8 Å². The first-order valence-electron chi connectivity index (χ1n) is 9.22. The van der Waals surface area contributed by atoms with Crippen LogP contribution in [0.1, 0.15) is 73.4 Å². The summed E-state index contributed by atoms with van der Waals surface area (Å²) in [5.74, 6) is -0.262. The molecule has 0 aliphatic heterocycles. The monoisotopic (exact) mass is 368 g/mol. The van der Waals surface area contributed by atoms with Crippen molar-refractivity contribution in [2.75, 3.05) is 0 Å². The molecule has 2 aromatic carbocycles. The first-order valence-corrected chi connectivity index (χ1v) is 9.22. The first-order chi connectivity index (χ1) is 12.6. The first kappa shape index (κ1) is 20.7. The number of benzene rings is 2. The molecule has 144 valence electrons. The maximum Gasteiger partial charge on any atom is 0.166 e. The van der Waals surface area contributed by atoms with Crippen LogP contribution in [0.4, 0.5) is 0 Å². The van der Waals surface area contributed by atoms with Gasteiger partial charge in [0.25, 0.3) is 0 Å². The zero-order valence-corrected chi connectivity index (χ0v) is 17.0. The van der Waals surface area contributed by atoms with Gasteiger partial charge >= 0.3 is 0 Å². The lowest BCUT2D eigenvalue weighted by Gasteiger charge is -2.13. The van der Waals surface area contributed by atoms with Crippen molar-refractivity contribution < 1.29 is 19.8 Å². The zero-order valence-electron chi connectivity index (χ0n) is 17.0. The van der Waals surface area contributed by atoms with E-state index in [1.54, 1.807) is 27.7 Å². The number of phenolic OH excluding ortho intramolecular Hbond substituents is 2. The molecular weight excluding hydrogens is 340 g/mol. The highest BCUT2D eigenvalue weighted by Crippen LogP contribution is 2.31. The third-order valence-corrected chi connectivity index (χ3v) is 5.39. The van der Waals surface area contributed by atoms with Gasteiger partial charge in [-0.2, -0.15) is 0 Å². The number of rotatable bonds is 6. The topological polar surface area (TPSA) is 74.6 Å². The number of carbonyl (C=O) groups is 2. The van der Waals surface area contributed by atoms with Crippen LogP contribution in [-0.2, 0) is 0 Å². The molecule has 0 unspecified atom stereocenters. The number of aromatic hydroxyl groups is 2. The lowest BCUT2D eigenvalue weighted by atomic mass is 9.92. The molecule has 27 heavy (non-hydrogen) atoms. The van der Waals surface area contributed by atoms with Crippen molar-refractivity contribution in [3.05, 3.63) is 56.6 Å². The van der Waals surface area contributed by atoms with Gasteiger partial charge in [-0.1, -0.05) is 12.1 Å². The Kier molecular flexibility index (Phi) is 6.09. The molecule has 0 fully saturated rings. The van der Waals surface area contributed by atoms with Crippen molar-refractivity contribution >= 4 is 11.6 Å². The molecule has 0 heterocycles. The largest absolute Gasteiger partial charge is 0.507 e. The molecule has 0 amide bonds. The molecule has 0 aromatic heterocycles. The van der Waals surface area contributed by atoms with E-state index in [0.29, 0.717) is 28.7 Å². The average molecular weight is 368 g/mol. The smallest absolute Gasteiger partial charge is 0.166 e. The standard InChI is InChI=1S/C23H28O4/c1-12-10-14(3)20(22(26)16(12)5)18(24)8-7-9-19(25)21-15(4)11-13(2)17(6)23(21)27/h10-11,26-27H,7-9H2,1-6H3. The fourth-order valence-electron chi connectivity index (χ4n) is 3.50. The molecular formula is C23H28O4. The minimum atomic E-state index is -0.165. The van der Waals surface area contributed by atoms with Gasteiger partial charge in [0.05, 0.1) is 11.1 Å². The Morgan fingerprint density at radius 1 is 0.667 bits per heavy atom. The summed E-state index contributed by atoms with van der Waals surface area (Å²) in [5.41, 5.74) is 5.47. The molecule has 2 aromatic rings. The molecule has 4 nitrogen and oxygen atoms in total. The van der Waals surface area contributed by atoms with Crippen molar-refractivity contribution in [3.8, 4) is 11.5 Å². The highest BCUT2D eigenvalue weighted by atomic mass is 16.3. The molecule has 0 aliphatic rings. The molecule has 2 rings (SSSR count). The van der Waals surface area contributed by atoms with Gasteiger partial charge in [0.2, 0.25) is 0 Å². The predicted molar refractivity (Wildman–Crippen MR) is 107 cm³/mol. The van der Waals surface area contributed by atoms with E-state index >= 15 is 0 Å². The van der Waals surface area contributed by atoms with Crippen LogP contribution >= 0.6 is 0 Å². The summed E-state index contributed by atoms with van der Waals surface area (Å²) in [7, 11) is 0. The molecule has 0 bridgehead atoms. The summed E-state index contributed by atoms with van der Waals surface area (Å²) in [6.07, 6.45) is 0.718. The van der Waals surface area contributed by atoms with Crippen LogP contribution in [-0.4, -0.2) is 21.8 Å². The lowest BCUT2D eigenvalue weighted by molar-refractivity contribution is 0.0954. The number of hydrogen-bond donors (Lipinski definition) is 2. The van der Waals surface area contributed by atoms with Crippen molar-refractivity contribution in [2.24, 2.45) is 0 Å². The lowest BCUT2D eigenvalue weighted by Crippen LogP contribution is -2.08. The minimum Gasteiger partial charge on any atom is -0.507 e. The Hall–Kier alpha value is -2.62. The van der Waals surface area contributed by atoms with Crippen LogP contribution in [0, 0.1) is 41.5 Å². The summed E-state index contributed by atoms with van der Waals surface area (Å²) >= 11 is 0. The third kappa shape index (κ3) is 4.05. The molecule has 0 aliphatic carbocycles. The maximum absolute atomic E-state index is 12.6. The van der Waals surface area contributed by atoms with Gasteiger partial charge in [0.15, 0.2) is 11.6 Å². The number of hydrogen-bond acceptors (Lipinski definition) is 4. The Balaban J connectivity index is 2.12. The Labute approximate surface area is 160 Å². The van der Waals surface area contributed by atoms with Gasteiger partial charge in [-0.25, -0.2) is 0 Å². The second kappa shape index (κ2) is 7.95. The van der Waals surface area contributed by atoms with Gasteiger partial charge < -0.3 is 10.2 Å². The number of Topliss-reactive ketones (excluding diaryl/α,β-unsaturated/α-hetero) is 2. The van der Waals surface area contributed by atoms with Gasteiger partial charge in [-0.15, -0.1) is 0 Å². The normalized spacial score (nSPS) is 10.9. The van der Waals surface area contributed by atoms with Crippen molar-refractivity contribution in [2.45, 2.75) is 60.8 Å². The van der Waals surface area contributed by atoms with E-state index < -0.39 is 0 Å². The summed E-state index contributed by atoms with van der Waals surface area (Å²) < 4.78 is 0. The van der Waals surface area contributed by atoms with Crippen LogP contribution < -0.4 is 0 Å². The zero-order chi connectivity index (χ0) is 20.5. The molecule has 0 radical (unpaired) electrons. The Morgan fingerprint density at radius 2 is 1.00 bits per heavy atom. The third-order valence-electron chi connectivity index (χ3n) is 5.39. The summed E-state index contributed by atoms with van der Waals surface area (Å²) in [4.78, 5) is 25.2. The van der Waals surface area contributed by atoms with Crippen LogP contribution in [0.15, 0.2) is 12.1 Å². The van der Waals surface area contributed by atoms with E-state index in [1.807, 2.05) is 26.0 Å². The summed E-state index contributed by atoms with van der Waals surface area (Å²) in [5, 5.41) is 20.6. The van der Waals surface area contributed by atoms with Gasteiger partial charge in [0.1, 0.15) is 11.5 Å². The highest BCUT2D eigenvalue weighted by Gasteiger charge is 2.20. The second-order valence-electron chi connectivity index (χ2n) is 7.42. The van der Waals surface area contributed by atoms with Crippen molar-refractivity contribution in [1.82, 2.24) is 0 Å². The van der Waals surface area contributed by atoms with E-state index in [0.717, 1.165) is 22.3 Å². The van der Waals surface area contributed by atoms with Crippen molar-refractivity contribution in [3.63, 3.8) is 0 Å². The van der Waals surface area contributed by atoms with Crippen LogP contribution in [0.5, 0.6) is 11.5 Å². The fourth-order valence-corrected chi connectivity index (χ4v) is 3.50. The minimum absolute atomic E-state index is 0.0338. The Morgan fingerprint density at radius 3 is 1.33 bits per heavy atom. The molecule has 0 saturated carbocycles. The fraction of sp³-hybridized carbons (Fsp3) is 0.391. The number of ketones is 2. The quantitative estimate of drug-likeness (QED) is 0.689. The van der Waals surface area contributed by atoms with E-state index in [4.69, 9.17) is 0 Å². The van der Waals surface area contributed by atoms with E-state index in [2.05, 4.69) is 0 Å². The molecule has 2 N–H and O–H groups in total. The van der Waals surface area contributed by atoms with Crippen molar-refractivity contribution in [1.29, 1.82) is 0 Å².